The van der Waals surface area contributed by atoms with Crippen LogP contribution in [0.5, 0.6) is 0 Å². The smallest absolute Gasteiger partial charge is 0.0637 e. The second-order valence-corrected chi connectivity index (χ2v) is 4.00. The maximum Gasteiger partial charge on any atom is 0.0637 e. The largest absolute Gasteiger partial charge is 0.383 e. The molecule has 1 aromatic rings. The van der Waals surface area contributed by atoms with Gasteiger partial charge in [0.2, 0.25) is 0 Å². The molecule has 0 aliphatic carbocycles. The number of ether oxygens (including phenoxy) is 1. The van der Waals surface area contributed by atoms with Crippen molar-refractivity contribution in [1.82, 2.24) is 0 Å². The van der Waals surface area contributed by atoms with Crippen LogP contribution in [0.1, 0.15) is 6.42 Å². The Morgan fingerprint density at radius 3 is 3.00 bits per heavy atom. The van der Waals surface area contributed by atoms with Gasteiger partial charge in [-0.1, -0.05) is 23.7 Å². The Morgan fingerprint density at radius 1 is 1.43 bits per heavy atom. The number of para-hydroxylation sites is 1. The fourth-order valence-electron chi connectivity index (χ4n) is 1.60. The lowest BCUT2D eigenvalue weighted by atomic mass is 10.1. The van der Waals surface area contributed by atoms with E-state index in [9.17, 15) is 0 Å². The first-order chi connectivity index (χ1) is 6.86. The molecule has 1 aromatic carbocycles. The molecular formula is C11H14ClNO. The predicted octanol–water partition coefficient (Wildman–Crippen LogP) is 2.79. The normalized spacial score (nSPS) is 21.1. The SMILES string of the molecule is Clc1ccccc1NCC1CCOC1. The van der Waals surface area contributed by atoms with Gasteiger partial charge in [0.1, 0.15) is 0 Å². The van der Waals surface area contributed by atoms with Crippen LogP contribution in [-0.4, -0.2) is 19.8 Å². The molecule has 14 heavy (non-hydrogen) atoms. The minimum absolute atomic E-state index is 0.631. The van der Waals surface area contributed by atoms with Crippen molar-refractivity contribution >= 4 is 17.3 Å². The van der Waals surface area contributed by atoms with Crippen LogP contribution in [0.15, 0.2) is 24.3 Å². The van der Waals surface area contributed by atoms with Crippen molar-refractivity contribution in [3.63, 3.8) is 0 Å². The topological polar surface area (TPSA) is 21.3 Å². The first kappa shape index (κ1) is 9.81. The van der Waals surface area contributed by atoms with Crippen molar-refractivity contribution in [2.24, 2.45) is 5.92 Å². The summed E-state index contributed by atoms with van der Waals surface area (Å²) in [6.45, 7) is 2.72. The highest BCUT2D eigenvalue weighted by Crippen LogP contribution is 2.21. The molecule has 0 bridgehead atoms. The van der Waals surface area contributed by atoms with Gasteiger partial charge in [0.15, 0.2) is 0 Å². The Hall–Kier alpha value is -0.730. The molecule has 76 valence electrons. The van der Waals surface area contributed by atoms with Crippen LogP contribution in [0.2, 0.25) is 5.02 Å². The molecule has 3 heteroatoms. The molecule has 1 N–H and O–H groups in total. The molecule has 1 heterocycles. The van der Waals surface area contributed by atoms with Crippen molar-refractivity contribution < 1.29 is 4.74 Å². The quantitative estimate of drug-likeness (QED) is 0.830. The molecule has 1 saturated heterocycles. The van der Waals surface area contributed by atoms with Crippen molar-refractivity contribution in [2.75, 3.05) is 25.1 Å². The number of hydrogen-bond acceptors (Lipinski definition) is 2. The summed E-state index contributed by atoms with van der Waals surface area (Å²) in [4.78, 5) is 0. The van der Waals surface area contributed by atoms with Gasteiger partial charge in [0.05, 0.1) is 17.3 Å². The third-order valence-corrected chi connectivity index (χ3v) is 2.81. The molecule has 0 saturated carbocycles. The van der Waals surface area contributed by atoms with Crippen LogP contribution < -0.4 is 5.32 Å². The Bertz CT molecular complexity index is 297. The summed E-state index contributed by atoms with van der Waals surface area (Å²) in [5.41, 5.74) is 1.01. The van der Waals surface area contributed by atoms with Crippen molar-refractivity contribution in [2.45, 2.75) is 6.42 Å². The fourth-order valence-corrected chi connectivity index (χ4v) is 1.81. The summed E-state index contributed by atoms with van der Waals surface area (Å²) in [7, 11) is 0. The molecule has 0 spiro atoms. The summed E-state index contributed by atoms with van der Waals surface area (Å²) in [6.07, 6.45) is 1.15. The summed E-state index contributed by atoms with van der Waals surface area (Å²) in [5, 5.41) is 4.13. The Balaban J connectivity index is 1.88. The monoisotopic (exact) mass is 211 g/mol. The van der Waals surface area contributed by atoms with E-state index in [1.165, 1.54) is 0 Å². The summed E-state index contributed by atoms with van der Waals surface area (Å²) < 4.78 is 5.30. The van der Waals surface area contributed by atoms with E-state index in [4.69, 9.17) is 16.3 Å². The average Bonchev–Trinajstić information content (AvgIpc) is 2.69. The van der Waals surface area contributed by atoms with Gasteiger partial charge in [0.25, 0.3) is 0 Å². The van der Waals surface area contributed by atoms with Crippen LogP contribution in [0, 0.1) is 5.92 Å². The first-order valence-corrected chi connectivity index (χ1v) is 5.30. The van der Waals surface area contributed by atoms with Crippen LogP contribution in [-0.2, 0) is 4.74 Å². The van der Waals surface area contributed by atoms with Gasteiger partial charge in [-0.15, -0.1) is 0 Å². The Labute approximate surface area is 89.2 Å². The predicted molar refractivity (Wildman–Crippen MR) is 58.9 cm³/mol. The molecule has 0 amide bonds. The van der Waals surface area contributed by atoms with E-state index >= 15 is 0 Å². The summed E-state index contributed by atoms with van der Waals surface area (Å²) >= 11 is 6.02. The van der Waals surface area contributed by atoms with Gasteiger partial charge in [0, 0.05) is 19.1 Å². The number of benzene rings is 1. The lowest BCUT2D eigenvalue weighted by Crippen LogP contribution is -2.14. The number of nitrogens with one attached hydrogen (secondary N) is 1. The van der Waals surface area contributed by atoms with E-state index in [0.29, 0.717) is 5.92 Å². The van der Waals surface area contributed by atoms with Crippen molar-refractivity contribution in [1.29, 1.82) is 0 Å². The van der Waals surface area contributed by atoms with Crippen LogP contribution >= 0.6 is 11.6 Å². The first-order valence-electron chi connectivity index (χ1n) is 4.92. The lowest BCUT2D eigenvalue weighted by molar-refractivity contribution is 0.187. The highest BCUT2D eigenvalue weighted by Gasteiger charge is 2.15. The molecular weight excluding hydrogens is 198 g/mol. The molecule has 2 nitrogen and oxygen atoms in total. The fraction of sp³-hybridized carbons (Fsp3) is 0.455. The maximum absolute atomic E-state index is 6.02. The van der Waals surface area contributed by atoms with Gasteiger partial charge in [-0.2, -0.15) is 0 Å². The van der Waals surface area contributed by atoms with Gasteiger partial charge >= 0.3 is 0 Å². The minimum atomic E-state index is 0.631. The molecule has 1 fully saturated rings. The van der Waals surface area contributed by atoms with Crippen molar-refractivity contribution in [3.05, 3.63) is 29.3 Å². The molecule has 1 aliphatic rings. The number of anilines is 1. The molecule has 0 aromatic heterocycles. The average molecular weight is 212 g/mol. The van der Waals surface area contributed by atoms with Crippen molar-refractivity contribution in [3.8, 4) is 0 Å². The maximum atomic E-state index is 6.02. The van der Waals surface area contributed by atoms with Crippen LogP contribution in [0.25, 0.3) is 0 Å². The van der Waals surface area contributed by atoms with Gasteiger partial charge in [-0.3, -0.25) is 0 Å². The molecule has 1 atom stereocenters. The highest BCUT2D eigenvalue weighted by atomic mass is 35.5. The zero-order valence-electron chi connectivity index (χ0n) is 8.00. The second kappa shape index (κ2) is 4.67. The van der Waals surface area contributed by atoms with Gasteiger partial charge in [-0.05, 0) is 18.6 Å². The summed E-state index contributed by atoms with van der Waals surface area (Å²) in [5.74, 6) is 0.631. The van der Waals surface area contributed by atoms with E-state index < -0.39 is 0 Å². The van der Waals surface area contributed by atoms with E-state index in [2.05, 4.69) is 5.32 Å². The van der Waals surface area contributed by atoms with Crippen LogP contribution in [0.3, 0.4) is 0 Å². The Kier molecular flexibility index (Phi) is 3.27. The number of halogens is 1. The number of hydrogen-bond donors (Lipinski definition) is 1. The van der Waals surface area contributed by atoms with E-state index in [1.807, 2.05) is 24.3 Å². The highest BCUT2D eigenvalue weighted by molar-refractivity contribution is 6.33. The molecule has 0 radical (unpaired) electrons. The standard InChI is InChI=1S/C11H14ClNO/c12-10-3-1-2-4-11(10)13-7-9-5-6-14-8-9/h1-4,9,13H,5-8H2. The van der Waals surface area contributed by atoms with Gasteiger partial charge in [-0.25, -0.2) is 0 Å². The lowest BCUT2D eigenvalue weighted by Gasteiger charge is -2.11. The third kappa shape index (κ3) is 2.40. The minimum Gasteiger partial charge on any atom is -0.383 e. The third-order valence-electron chi connectivity index (χ3n) is 2.48. The molecule has 1 aliphatic heterocycles. The van der Waals surface area contributed by atoms with E-state index in [1.54, 1.807) is 0 Å². The van der Waals surface area contributed by atoms with E-state index in [0.717, 1.165) is 36.9 Å². The second-order valence-electron chi connectivity index (χ2n) is 3.59. The van der Waals surface area contributed by atoms with Crippen LogP contribution in [0.4, 0.5) is 5.69 Å². The summed E-state index contributed by atoms with van der Waals surface area (Å²) in [6, 6.07) is 7.82. The van der Waals surface area contributed by atoms with E-state index in [-0.39, 0.29) is 0 Å². The van der Waals surface area contributed by atoms with Gasteiger partial charge < -0.3 is 10.1 Å². The molecule has 1 unspecified atom stereocenters. The zero-order chi connectivity index (χ0) is 9.80. The molecule has 2 rings (SSSR count). The number of rotatable bonds is 3. The Morgan fingerprint density at radius 2 is 2.29 bits per heavy atom. The zero-order valence-corrected chi connectivity index (χ0v) is 8.76.